The van der Waals surface area contributed by atoms with Crippen molar-refractivity contribution in [2.75, 3.05) is 31.5 Å². The average Bonchev–Trinajstić information content (AvgIpc) is 2.65. The van der Waals surface area contributed by atoms with E-state index >= 15 is 0 Å². The van der Waals surface area contributed by atoms with Crippen LogP contribution in [0, 0.1) is 11.8 Å². The molecule has 0 aromatic heterocycles. The Hall–Kier alpha value is -1.96. The standard InChI is InChI=1S/C20H31F3N4O/c1-13(11-27-19(28)25-9-3-8-24)4-5-15-12-26-18-7-6-16(20(21,22)23)10-17(18)14(15)2/h6-7,10,13-15,26H,3-5,8-9,11-12,24H2,1-2H3,(H2,25,27,28). The zero-order valence-corrected chi connectivity index (χ0v) is 16.5. The fourth-order valence-electron chi connectivity index (χ4n) is 3.53. The van der Waals surface area contributed by atoms with Gasteiger partial charge in [-0.3, -0.25) is 0 Å². The molecule has 8 heteroatoms. The van der Waals surface area contributed by atoms with Gasteiger partial charge in [-0.15, -0.1) is 0 Å². The maximum Gasteiger partial charge on any atom is 0.416 e. The van der Waals surface area contributed by atoms with Crippen molar-refractivity contribution in [1.82, 2.24) is 10.6 Å². The van der Waals surface area contributed by atoms with Gasteiger partial charge in [0.05, 0.1) is 5.56 Å². The molecule has 1 aliphatic rings. The van der Waals surface area contributed by atoms with Crippen LogP contribution in [0.1, 0.15) is 50.2 Å². The van der Waals surface area contributed by atoms with Crippen LogP contribution in [-0.4, -0.2) is 32.2 Å². The molecule has 0 saturated carbocycles. The van der Waals surface area contributed by atoms with Crippen LogP contribution in [0.3, 0.4) is 0 Å². The van der Waals surface area contributed by atoms with Gasteiger partial charge in [-0.2, -0.15) is 13.2 Å². The number of alkyl halides is 3. The normalized spacial score (nSPS) is 20.1. The summed E-state index contributed by atoms with van der Waals surface area (Å²) in [6, 6.07) is 3.74. The monoisotopic (exact) mass is 400 g/mol. The third-order valence-electron chi connectivity index (χ3n) is 5.44. The highest BCUT2D eigenvalue weighted by Crippen LogP contribution is 2.40. The minimum Gasteiger partial charge on any atom is -0.385 e. The van der Waals surface area contributed by atoms with Gasteiger partial charge in [0.15, 0.2) is 0 Å². The van der Waals surface area contributed by atoms with Crippen LogP contribution < -0.4 is 21.7 Å². The van der Waals surface area contributed by atoms with Gasteiger partial charge in [0, 0.05) is 25.3 Å². The summed E-state index contributed by atoms with van der Waals surface area (Å²) in [4.78, 5) is 11.7. The predicted molar refractivity (Wildman–Crippen MR) is 105 cm³/mol. The Balaban J connectivity index is 1.83. The first-order valence-electron chi connectivity index (χ1n) is 9.89. The number of rotatable bonds is 8. The third-order valence-corrected chi connectivity index (χ3v) is 5.44. The summed E-state index contributed by atoms with van der Waals surface area (Å²) in [7, 11) is 0. The molecule has 1 aliphatic heterocycles. The lowest BCUT2D eigenvalue weighted by Gasteiger charge is -2.33. The SMILES string of the molecule is CC(CCC1CNc2ccc(C(F)(F)F)cc2C1C)CNC(=O)NCCCN. The van der Waals surface area contributed by atoms with Gasteiger partial charge >= 0.3 is 12.2 Å². The van der Waals surface area contributed by atoms with E-state index in [0.717, 1.165) is 43.1 Å². The molecule has 0 fully saturated rings. The van der Waals surface area contributed by atoms with E-state index in [1.165, 1.54) is 12.1 Å². The van der Waals surface area contributed by atoms with E-state index in [0.29, 0.717) is 19.6 Å². The summed E-state index contributed by atoms with van der Waals surface area (Å²) >= 11 is 0. The highest BCUT2D eigenvalue weighted by molar-refractivity contribution is 5.73. The molecule has 0 saturated heterocycles. The second-order valence-corrected chi connectivity index (χ2v) is 7.69. The number of urea groups is 1. The molecule has 0 spiro atoms. The second-order valence-electron chi connectivity index (χ2n) is 7.69. The number of hydrogen-bond donors (Lipinski definition) is 4. The fraction of sp³-hybridized carbons (Fsp3) is 0.650. The minimum atomic E-state index is -4.33. The van der Waals surface area contributed by atoms with Crippen molar-refractivity contribution >= 4 is 11.7 Å². The highest BCUT2D eigenvalue weighted by Gasteiger charge is 2.33. The molecule has 5 N–H and O–H groups in total. The van der Waals surface area contributed by atoms with Gasteiger partial charge in [0.25, 0.3) is 0 Å². The van der Waals surface area contributed by atoms with Crippen LogP contribution in [0.15, 0.2) is 18.2 Å². The van der Waals surface area contributed by atoms with Crippen molar-refractivity contribution in [3.05, 3.63) is 29.3 Å². The largest absolute Gasteiger partial charge is 0.416 e. The minimum absolute atomic E-state index is 0.0540. The first-order valence-corrected chi connectivity index (χ1v) is 9.89. The van der Waals surface area contributed by atoms with Crippen molar-refractivity contribution < 1.29 is 18.0 Å². The number of amides is 2. The number of benzene rings is 1. The molecule has 0 aliphatic carbocycles. The van der Waals surface area contributed by atoms with Crippen LogP contribution in [-0.2, 0) is 6.18 Å². The zero-order chi connectivity index (χ0) is 20.7. The van der Waals surface area contributed by atoms with Gasteiger partial charge in [0.1, 0.15) is 0 Å². The lowest BCUT2D eigenvalue weighted by Crippen LogP contribution is -2.38. The summed E-state index contributed by atoms with van der Waals surface area (Å²) in [6.45, 7) is 6.48. The predicted octanol–water partition coefficient (Wildman–Crippen LogP) is 3.91. The molecule has 1 heterocycles. The number of anilines is 1. The van der Waals surface area contributed by atoms with Crippen LogP contribution in [0.5, 0.6) is 0 Å². The first kappa shape index (κ1) is 22.3. The fourth-order valence-corrected chi connectivity index (χ4v) is 3.53. The second kappa shape index (κ2) is 10.0. The van der Waals surface area contributed by atoms with E-state index in [1.54, 1.807) is 0 Å². The van der Waals surface area contributed by atoms with E-state index in [1.807, 2.05) is 6.92 Å². The lowest BCUT2D eigenvalue weighted by atomic mass is 9.79. The molecule has 1 aromatic rings. The van der Waals surface area contributed by atoms with Crippen molar-refractivity contribution in [1.29, 1.82) is 0 Å². The van der Waals surface area contributed by atoms with E-state index in [9.17, 15) is 18.0 Å². The Morgan fingerprint density at radius 2 is 2.11 bits per heavy atom. The first-order chi connectivity index (χ1) is 13.2. The van der Waals surface area contributed by atoms with Gasteiger partial charge in [-0.05, 0) is 67.3 Å². The van der Waals surface area contributed by atoms with Crippen molar-refractivity contribution in [2.45, 2.75) is 45.2 Å². The Morgan fingerprint density at radius 1 is 1.36 bits per heavy atom. The summed E-state index contributed by atoms with van der Waals surface area (Å²) < 4.78 is 39.1. The molecule has 2 rings (SSSR count). The van der Waals surface area contributed by atoms with Gasteiger partial charge < -0.3 is 21.7 Å². The Kier molecular flexibility index (Phi) is 7.98. The van der Waals surface area contributed by atoms with Gasteiger partial charge in [-0.1, -0.05) is 13.8 Å². The van der Waals surface area contributed by atoms with Gasteiger partial charge in [-0.25, -0.2) is 4.79 Å². The Labute approximate surface area is 164 Å². The van der Waals surface area contributed by atoms with E-state index in [2.05, 4.69) is 22.9 Å². The molecule has 0 bridgehead atoms. The van der Waals surface area contributed by atoms with E-state index in [4.69, 9.17) is 5.73 Å². The number of nitrogens with one attached hydrogen (secondary N) is 3. The maximum absolute atomic E-state index is 13.0. The lowest BCUT2D eigenvalue weighted by molar-refractivity contribution is -0.137. The topological polar surface area (TPSA) is 79.2 Å². The van der Waals surface area contributed by atoms with Crippen LogP contribution in [0.2, 0.25) is 0 Å². The quantitative estimate of drug-likeness (QED) is 0.500. The number of carbonyl (C=O) groups excluding carboxylic acids is 1. The zero-order valence-electron chi connectivity index (χ0n) is 16.5. The van der Waals surface area contributed by atoms with Gasteiger partial charge in [0.2, 0.25) is 0 Å². The smallest absolute Gasteiger partial charge is 0.385 e. The van der Waals surface area contributed by atoms with Crippen LogP contribution >= 0.6 is 0 Å². The summed E-state index contributed by atoms with van der Waals surface area (Å²) in [5.74, 6) is 0.602. The number of hydrogen-bond acceptors (Lipinski definition) is 3. The molecule has 3 unspecified atom stereocenters. The molecular weight excluding hydrogens is 369 g/mol. The van der Waals surface area contributed by atoms with E-state index < -0.39 is 11.7 Å². The van der Waals surface area contributed by atoms with Crippen molar-refractivity contribution in [2.24, 2.45) is 17.6 Å². The number of carbonyl (C=O) groups is 1. The molecular formula is C20H31F3N4O. The summed E-state index contributed by atoms with van der Waals surface area (Å²) in [5, 5.41) is 8.86. The van der Waals surface area contributed by atoms with Crippen molar-refractivity contribution in [3.8, 4) is 0 Å². The summed E-state index contributed by atoms with van der Waals surface area (Å²) in [6.07, 6.45) is -1.80. The molecule has 158 valence electrons. The van der Waals surface area contributed by atoms with Crippen LogP contribution in [0.25, 0.3) is 0 Å². The molecule has 1 aromatic carbocycles. The maximum atomic E-state index is 13.0. The molecule has 28 heavy (non-hydrogen) atoms. The highest BCUT2D eigenvalue weighted by atomic mass is 19.4. The van der Waals surface area contributed by atoms with E-state index in [-0.39, 0.29) is 23.8 Å². The third kappa shape index (κ3) is 6.29. The van der Waals surface area contributed by atoms with Crippen LogP contribution in [0.4, 0.5) is 23.7 Å². The Bertz CT molecular complexity index is 651. The van der Waals surface area contributed by atoms with Crippen molar-refractivity contribution in [3.63, 3.8) is 0 Å². The summed E-state index contributed by atoms with van der Waals surface area (Å²) in [5.41, 5.74) is 6.31. The Morgan fingerprint density at radius 3 is 2.79 bits per heavy atom. The molecule has 5 nitrogen and oxygen atoms in total. The number of fused-ring (bicyclic) bond motifs is 1. The average molecular weight is 400 g/mol. The number of halogens is 3. The molecule has 2 amide bonds. The molecule has 0 radical (unpaired) electrons. The molecule has 3 atom stereocenters. The number of nitrogens with two attached hydrogens (primary N) is 1.